The Kier molecular flexibility index (Phi) is 3.81. The van der Waals surface area contributed by atoms with Crippen LogP contribution < -0.4 is 5.32 Å². The molecule has 1 fully saturated rings. The van der Waals surface area contributed by atoms with Crippen LogP contribution >= 0.6 is 22.6 Å². The molecule has 3 nitrogen and oxygen atoms in total. The fraction of sp³-hybridized carbons (Fsp3) is 0.417. The van der Waals surface area contributed by atoms with E-state index in [0.29, 0.717) is 6.61 Å². The lowest BCUT2D eigenvalue weighted by molar-refractivity contribution is -0.119. The van der Waals surface area contributed by atoms with Crippen molar-refractivity contribution >= 4 is 34.2 Å². The minimum Gasteiger partial charge on any atom is -0.378 e. The Balaban J connectivity index is 1.97. The van der Waals surface area contributed by atoms with Gasteiger partial charge >= 0.3 is 0 Å². The molecule has 0 aliphatic carbocycles. The van der Waals surface area contributed by atoms with Crippen molar-refractivity contribution in [1.29, 1.82) is 0 Å². The fourth-order valence-electron chi connectivity index (χ4n) is 1.81. The van der Waals surface area contributed by atoms with Crippen LogP contribution in [0.1, 0.15) is 13.3 Å². The molecule has 2 unspecified atom stereocenters. The van der Waals surface area contributed by atoms with Crippen molar-refractivity contribution in [2.75, 3.05) is 11.9 Å². The van der Waals surface area contributed by atoms with Crippen LogP contribution in [-0.4, -0.2) is 18.6 Å². The fourth-order valence-corrected chi connectivity index (χ4v) is 2.35. The Morgan fingerprint density at radius 2 is 2.38 bits per heavy atom. The third kappa shape index (κ3) is 2.95. The highest BCUT2D eigenvalue weighted by Crippen LogP contribution is 2.21. The number of ether oxygens (including phenoxy) is 1. The maximum Gasteiger partial charge on any atom is 0.229 e. The number of halogens is 1. The van der Waals surface area contributed by atoms with E-state index in [2.05, 4.69) is 27.9 Å². The number of carbonyl (C=O) groups excluding carboxylic acids is 1. The highest BCUT2D eigenvalue weighted by Gasteiger charge is 2.28. The molecule has 1 heterocycles. The molecular formula is C12H14INO2. The molecular weight excluding hydrogens is 317 g/mol. The van der Waals surface area contributed by atoms with Gasteiger partial charge in [-0.05, 0) is 54.1 Å². The van der Waals surface area contributed by atoms with Crippen LogP contribution in [0.4, 0.5) is 5.69 Å². The van der Waals surface area contributed by atoms with E-state index < -0.39 is 0 Å². The summed E-state index contributed by atoms with van der Waals surface area (Å²) in [5.74, 6) is 0.0548. The Morgan fingerprint density at radius 3 is 3.00 bits per heavy atom. The van der Waals surface area contributed by atoms with Crippen LogP contribution in [0, 0.1) is 9.49 Å². The molecule has 1 aromatic carbocycles. The number of rotatable bonds is 2. The van der Waals surface area contributed by atoms with Crippen molar-refractivity contribution in [2.24, 2.45) is 5.92 Å². The van der Waals surface area contributed by atoms with Gasteiger partial charge in [-0.1, -0.05) is 6.07 Å². The second-order valence-corrected chi connectivity index (χ2v) is 5.32. The highest BCUT2D eigenvalue weighted by molar-refractivity contribution is 14.1. The number of hydrogen-bond donors (Lipinski definition) is 1. The van der Waals surface area contributed by atoms with Crippen molar-refractivity contribution in [2.45, 2.75) is 19.4 Å². The van der Waals surface area contributed by atoms with E-state index in [1.54, 1.807) is 0 Å². The van der Waals surface area contributed by atoms with Crippen molar-refractivity contribution < 1.29 is 9.53 Å². The van der Waals surface area contributed by atoms with E-state index in [9.17, 15) is 4.79 Å². The SMILES string of the molecule is CC1CC(C(=O)Nc2cccc(I)c2)CO1. The second kappa shape index (κ2) is 5.14. The Morgan fingerprint density at radius 1 is 1.56 bits per heavy atom. The summed E-state index contributed by atoms with van der Waals surface area (Å²) in [5, 5.41) is 2.92. The first kappa shape index (κ1) is 11.9. The lowest BCUT2D eigenvalue weighted by atomic mass is 10.1. The van der Waals surface area contributed by atoms with Crippen molar-refractivity contribution in [1.82, 2.24) is 0 Å². The van der Waals surface area contributed by atoms with Gasteiger partial charge in [0.2, 0.25) is 5.91 Å². The summed E-state index contributed by atoms with van der Waals surface area (Å²) in [6, 6.07) is 7.79. The summed E-state index contributed by atoms with van der Waals surface area (Å²) in [7, 11) is 0. The predicted octanol–water partition coefficient (Wildman–Crippen LogP) is 2.65. The number of anilines is 1. The molecule has 1 aliphatic heterocycles. The van der Waals surface area contributed by atoms with Crippen LogP contribution in [0.2, 0.25) is 0 Å². The van der Waals surface area contributed by atoms with Gasteiger partial charge in [-0.15, -0.1) is 0 Å². The molecule has 2 atom stereocenters. The molecule has 1 aromatic rings. The van der Waals surface area contributed by atoms with Gasteiger partial charge in [0.25, 0.3) is 0 Å². The molecule has 16 heavy (non-hydrogen) atoms. The average molecular weight is 331 g/mol. The maximum atomic E-state index is 11.9. The van der Waals surface area contributed by atoms with E-state index in [-0.39, 0.29) is 17.9 Å². The molecule has 1 aliphatic rings. The van der Waals surface area contributed by atoms with Crippen LogP contribution in [0.15, 0.2) is 24.3 Å². The minimum atomic E-state index is -0.00660. The van der Waals surface area contributed by atoms with Crippen molar-refractivity contribution in [3.63, 3.8) is 0 Å². The summed E-state index contributed by atoms with van der Waals surface area (Å²) < 4.78 is 6.50. The summed E-state index contributed by atoms with van der Waals surface area (Å²) in [6.45, 7) is 2.54. The molecule has 4 heteroatoms. The van der Waals surface area contributed by atoms with Gasteiger partial charge in [0.1, 0.15) is 0 Å². The molecule has 0 bridgehead atoms. The summed E-state index contributed by atoms with van der Waals surface area (Å²) in [5.41, 5.74) is 0.858. The van der Waals surface area contributed by atoms with Crippen LogP contribution in [-0.2, 0) is 9.53 Å². The van der Waals surface area contributed by atoms with Gasteiger partial charge in [0, 0.05) is 9.26 Å². The zero-order valence-corrected chi connectivity index (χ0v) is 11.2. The molecule has 0 spiro atoms. The summed E-state index contributed by atoms with van der Waals surface area (Å²) in [6.07, 6.45) is 1.02. The molecule has 86 valence electrons. The van der Waals surface area contributed by atoms with Gasteiger partial charge in [-0.2, -0.15) is 0 Å². The van der Waals surface area contributed by atoms with Gasteiger partial charge in [-0.3, -0.25) is 4.79 Å². The topological polar surface area (TPSA) is 38.3 Å². The van der Waals surface area contributed by atoms with Gasteiger partial charge in [-0.25, -0.2) is 0 Å². The largest absolute Gasteiger partial charge is 0.378 e. The zero-order chi connectivity index (χ0) is 11.5. The Labute approximate surface area is 109 Å². The molecule has 2 rings (SSSR count). The van der Waals surface area contributed by atoms with Gasteiger partial charge in [0.05, 0.1) is 18.6 Å². The van der Waals surface area contributed by atoms with Crippen LogP contribution in [0.3, 0.4) is 0 Å². The average Bonchev–Trinajstić information content (AvgIpc) is 2.65. The van der Waals surface area contributed by atoms with E-state index in [4.69, 9.17) is 4.74 Å². The Bertz CT molecular complexity index is 394. The van der Waals surface area contributed by atoms with E-state index in [1.165, 1.54) is 0 Å². The third-order valence-electron chi connectivity index (χ3n) is 2.66. The molecule has 0 aromatic heterocycles. The van der Waals surface area contributed by atoms with Gasteiger partial charge in [0.15, 0.2) is 0 Å². The van der Waals surface area contributed by atoms with E-state index >= 15 is 0 Å². The Hall–Kier alpha value is -0.620. The third-order valence-corrected chi connectivity index (χ3v) is 3.33. The molecule has 1 amide bonds. The number of nitrogens with one attached hydrogen (secondary N) is 1. The molecule has 0 saturated carbocycles. The maximum absolute atomic E-state index is 11.9. The zero-order valence-electron chi connectivity index (χ0n) is 9.07. The summed E-state index contributed by atoms with van der Waals surface area (Å²) in [4.78, 5) is 11.9. The van der Waals surface area contributed by atoms with Gasteiger partial charge < -0.3 is 10.1 Å². The van der Waals surface area contributed by atoms with Crippen molar-refractivity contribution in [3.05, 3.63) is 27.8 Å². The van der Waals surface area contributed by atoms with E-state index in [1.807, 2.05) is 31.2 Å². The standard InChI is InChI=1S/C12H14INO2/c1-8-5-9(7-16-8)12(15)14-11-4-2-3-10(13)6-11/h2-4,6,8-9H,5,7H2,1H3,(H,14,15). The highest BCUT2D eigenvalue weighted by atomic mass is 127. The molecule has 1 saturated heterocycles. The lowest BCUT2D eigenvalue weighted by Gasteiger charge is -2.09. The number of benzene rings is 1. The first-order chi connectivity index (χ1) is 7.65. The number of carbonyl (C=O) groups is 1. The number of amides is 1. The van der Waals surface area contributed by atoms with Crippen LogP contribution in [0.25, 0.3) is 0 Å². The normalized spacial score (nSPS) is 24.4. The number of hydrogen-bond acceptors (Lipinski definition) is 2. The molecule has 1 N–H and O–H groups in total. The first-order valence-electron chi connectivity index (χ1n) is 5.33. The first-order valence-corrected chi connectivity index (χ1v) is 6.41. The lowest BCUT2D eigenvalue weighted by Crippen LogP contribution is -2.23. The molecule has 0 radical (unpaired) electrons. The predicted molar refractivity (Wildman–Crippen MR) is 71.3 cm³/mol. The minimum absolute atomic E-state index is 0.00660. The quantitative estimate of drug-likeness (QED) is 0.846. The second-order valence-electron chi connectivity index (χ2n) is 4.08. The van der Waals surface area contributed by atoms with E-state index in [0.717, 1.165) is 15.7 Å². The van der Waals surface area contributed by atoms with Crippen LogP contribution in [0.5, 0.6) is 0 Å². The monoisotopic (exact) mass is 331 g/mol. The van der Waals surface area contributed by atoms with Crippen molar-refractivity contribution in [3.8, 4) is 0 Å². The summed E-state index contributed by atoms with van der Waals surface area (Å²) >= 11 is 2.23. The smallest absolute Gasteiger partial charge is 0.229 e.